The van der Waals surface area contributed by atoms with E-state index in [1.165, 1.54) is 45.6 Å². The molecule has 0 bridgehead atoms. The van der Waals surface area contributed by atoms with Crippen molar-refractivity contribution in [2.45, 2.75) is 38.6 Å². The molecule has 1 saturated heterocycles. The summed E-state index contributed by atoms with van der Waals surface area (Å²) in [6, 6.07) is 0. The van der Waals surface area contributed by atoms with Crippen LogP contribution in [0.1, 0.15) is 33.1 Å². The number of aliphatic hydroxyl groups is 1. The molecule has 0 spiro atoms. The summed E-state index contributed by atoms with van der Waals surface area (Å²) in [7, 11) is 2.19. The minimum absolute atomic E-state index is 0.0864. The number of nitrogens with one attached hydrogen (secondary N) is 1. The quantitative estimate of drug-likeness (QED) is 0.630. The molecule has 0 radical (unpaired) electrons. The number of likely N-dealkylation sites (N-methyl/N-ethyl adjacent to an activating group) is 2. The molecule has 0 saturated carbocycles. The monoisotopic (exact) mass is 257 g/mol. The van der Waals surface area contributed by atoms with E-state index in [0.717, 1.165) is 13.0 Å². The van der Waals surface area contributed by atoms with Crippen LogP contribution in [0.25, 0.3) is 0 Å². The standard InChI is InChI=1S/C14H31N3O/c1-4-15-14(2,13-18)7-5-6-8-17-11-9-16(3)10-12-17/h15,18H,4-13H2,1-3H3. The lowest BCUT2D eigenvalue weighted by Crippen LogP contribution is -2.46. The molecule has 2 N–H and O–H groups in total. The van der Waals surface area contributed by atoms with E-state index in [4.69, 9.17) is 0 Å². The second kappa shape index (κ2) is 8.10. The molecule has 1 aliphatic rings. The van der Waals surface area contributed by atoms with E-state index in [0.29, 0.717) is 0 Å². The molecule has 1 heterocycles. The highest BCUT2D eigenvalue weighted by Crippen LogP contribution is 2.13. The Balaban J connectivity index is 2.10. The highest BCUT2D eigenvalue weighted by molar-refractivity contribution is 4.81. The molecular formula is C14H31N3O. The summed E-state index contributed by atoms with van der Waals surface area (Å²) in [5.74, 6) is 0. The largest absolute Gasteiger partial charge is 0.394 e. The van der Waals surface area contributed by atoms with Crippen molar-refractivity contribution in [3.05, 3.63) is 0 Å². The van der Waals surface area contributed by atoms with Gasteiger partial charge in [-0.1, -0.05) is 13.3 Å². The molecule has 4 heteroatoms. The average molecular weight is 257 g/mol. The Morgan fingerprint density at radius 2 is 1.83 bits per heavy atom. The van der Waals surface area contributed by atoms with E-state index < -0.39 is 0 Å². The molecule has 1 aliphatic heterocycles. The molecule has 1 atom stereocenters. The Kier molecular flexibility index (Phi) is 7.15. The first-order valence-electron chi connectivity index (χ1n) is 7.36. The third-order valence-electron chi connectivity index (χ3n) is 4.00. The summed E-state index contributed by atoms with van der Waals surface area (Å²) in [6.45, 7) is 11.4. The molecule has 0 aliphatic carbocycles. The van der Waals surface area contributed by atoms with Crippen molar-refractivity contribution in [3.63, 3.8) is 0 Å². The van der Waals surface area contributed by atoms with Crippen molar-refractivity contribution in [1.82, 2.24) is 15.1 Å². The summed E-state index contributed by atoms with van der Waals surface area (Å²) >= 11 is 0. The molecule has 108 valence electrons. The summed E-state index contributed by atoms with van der Waals surface area (Å²) in [5, 5.41) is 12.8. The summed E-state index contributed by atoms with van der Waals surface area (Å²) in [6.07, 6.45) is 3.49. The van der Waals surface area contributed by atoms with Gasteiger partial charge in [0.05, 0.1) is 6.61 Å². The lowest BCUT2D eigenvalue weighted by atomic mass is 9.95. The van der Waals surface area contributed by atoms with Gasteiger partial charge in [-0.3, -0.25) is 0 Å². The van der Waals surface area contributed by atoms with Crippen molar-refractivity contribution in [2.24, 2.45) is 0 Å². The van der Waals surface area contributed by atoms with Crippen LogP contribution in [0.3, 0.4) is 0 Å². The van der Waals surface area contributed by atoms with Gasteiger partial charge in [0, 0.05) is 31.7 Å². The maximum atomic E-state index is 9.42. The number of rotatable bonds is 8. The predicted octanol–water partition coefficient (Wildman–Crippen LogP) is 0.765. The number of hydrogen-bond donors (Lipinski definition) is 2. The van der Waals surface area contributed by atoms with Gasteiger partial charge in [0.15, 0.2) is 0 Å². The van der Waals surface area contributed by atoms with Gasteiger partial charge in [0.2, 0.25) is 0 Å². The van der Waals surface area contributed by atoms with Crippen molar-refractivity contribution in [3.8, 4) is 0 Å². The van der Waals surface area contributed by atoms with Crippen LogP contribution in [0.4, 0.5) is 0 Å². The molecule has 1 unspecified atom stereocenters. The minimum Gasteiger partial charge on any atom is -0.394 e. The maximum absolute atomic E-state index is 9.42. The molecule has 0 aromatic heterocycles. The van der Waals surface area contributed by atoms with Gasteiger partial charge in [-0.25, -0.2) is 0 Å². The third kappa shape index (κ3) is 5.65. The smallest absolute Gasteiger partial charge is 0.0610 e. The second-order valence-corrected chi connectivity index (χ2v) is 5.85. The summed E-state index contributed by atoms with van der Waals surface area (Å²) in [5.41, 5.74) is -0.0864. The van der Waals surface area contributed by atoms with Crippen LogP contribution in [-0.2, 0) is 0 Å². The second-order valence-electron chi connectivity index (χ2n) is 5.85. The van der Waals surface area contributed by atoms with Gasteiger partial charge in [-0.05, 0) is 39.9 Å². The molecule has 18 heavy (non-hydrogen) atoms. The number of hydrogen-bond acceptors (Lipinski definition) is 4. The van der Waals surface area contributed by atoms with E-state index >= 15 is 0 Å². The van der Waals surface area contributed by atoms with Crippen LogP contribution >= 0.6 is 0 Å². The van der Waals surface area contributed by atoms with Gasteiger partial charge in [0.1, 0.15) is 0 Å². The molecule has 0 aromatic rings. The average Bonchev–Trinajstić information content (AvgIpc) is 2.37. The first kappa shape index (κ1) is 15.9. The zero-order valence-corrected chi connectivity index (χ0v) is 12.4. The first-order valence-corrected chi connectivity index (χ1v) is 7.36. The number of nitrogens with zero attached hydrogens (tertiary/aromatic N) is 2. The van der Waals surface area contributed by atoms with Crippen LogP contribution in [0.15, 0.2) is 0 Å². The predicted molar refractivity (Wildman–Crippen MR) is 77.0 cm³/mol. The number of piperazine rings is 1. The molecular weight excluding hydrogens is 226 g/mol. The molecule has 0 amide bonds. The first-order chi connectivity index (χ1) is 8.59. The molecule has 0 aromatic carbocycles. The van der Waals surface area contributed by atoms with E-state index in [9.17, 15) is 5.11 Å². The van der Waals surface area contributed by atoms with E-state index in [1.807, 2.05) is 0 Å². The summed E-state index contributed by atoms with van der Waals surface area (Å²) in [4.78, 5) is 4.95. The molecule has 1 rings (SSSR count). The fourth-order valence-corrected chi connectivity index (χ4v) is 2.57. The van der Waals surface area contributed by atoms with Crippen LogP contribution in [0.5, 0.6) is 0 Å². The normalized spacial score (nSPS) is 22.0. The lowest BCUT2D eigenvalue weighted by Gasteiger charge is -2.33. The van der Waals surface area contributed by atoms with Crippen LogP contribution < -0.4 is 5.32 Å². The molecule has 1 fully saturated rings. The number of unbranched alkanes of at least 4 members (excludes halogenated alkanes) is 1. The Morgan fingerprint density at radius 1 is 1.17 bits per heavy atom. The van der Waals surface area contributed by atoms with Crippen molar-refractivity contribution in [2.75, 3.05) is 52.9 Å². The highest BCUT2D eigenvalue weighted by atomic mass is 16.3. The fourth-order valence-electron chi connectivity index (χ4n) is 2.57. The van der Waals surface area contributed by atoms with Crippen LogP contribution in [-0.4, -0.2) is 73.4 Å². The summed E-state index contributed by atoms with van der Waals surface area (Å²) < 4.78 is 0. The van der Waals surface area contributed by atoms with Crippen molar-refractivity contribution >= 4 is 0 Å². The van der Waals surface area contributed by atoms with Crippen LogP contribution in [0.2, 0.25) is 0 Å². The molecule has 4 nitrogen and oxygen atoms in total. The number of aliphatic hydroxyl groups excluding tert-OH is 1. The Hall–Kier alpha value is -0.160. The lowest BCUT2D eigenvalue weighted by molar-refractivity contribution is 0.143. The SMILES string of the molecule is CCNC(C)(CO)CCCCN1CCN(C)CC1. The third-order valence-corrected chi connectivity index (χ3v) is 4.00. The highest BCUT2D eigenvalue weighted by Gasteiger charge is 2.21. The van der Waals surface area contributed by atoms with Gasteiger partial charge in [-0.15, -0.1) is 0 Å². The van der Waals surface area contributed by atoms with E-state index in [2.05, 4.69) is 36.0 Å². The van der Waals surface area contributed by atoms with Gasteiger partial charge in [-0.2, -0.15) is 0 Å². The zero-order chi connectivity index (χ0) is 13.4. The minimum atomic E-state index is -0.0864. The van der Waals surface area contributed by atoms with Gasteiger partial charge in [0.25, 0.3) is 0 Å². The zero-order valence-electron chi connectivity index (χ0n) is 12.4. The maximum Gasteiger partial charge on any atom is 0.0610 e. The van der Waals surface area contributed by atoms with Crippen molar-refractivity contribution in [1.29, 1.82) is 0 Å². The van der Waals surface area contributed by atoms with Crippen molar-refractivity contribution < 1.29 is 5.11 Å². The fraction of sp³-hybridized carbons (Fsp3) is 1.00. The van der Waals surface area contributed by atoms with E-state index in [1.54, 1.807) is 0 Å². The van der Waals surface area contributed by atoms with Gasteiger partial charge >= 0.3 is 0 Å². The topological polar surface area (TPSA) is 38.7 Å². The Labute approximate surface area is 112 Å². The Morgan fingerprint density at radius 3 is 2.39 bits per heavy atom. The van der Waals surface area contributed by atoms with Gasteiger partial charge < -0.3 is 20.2 Å². The van der Waals surface area contributed by atoms with Crippen LogP contribution in [0, 0.1) is 0 Å². The van der Waals surface area contributed by atoms with E-state index in [-0.39, 0.29) is 12.1 Å². The Bertz CT molecular complexity index is 217.